The zero-order chi connectivity index (χ0) is 16.9. The number of piperazine rings is 1. The third-order valence-corrected chi connectivity index (χ3v) is 4.25. The number of aromatic nitrogens is 3. The molecule has 8 nitrogen and oxygen atoms in total. The first-order chi connectivity index (χ1) is 11.8. The van der Waals surface area contributed by atoms with Crippen LogP contribution >= 0.6 is 0 Å². The SMILES string of the molecule is COc1ccc(CN2CCN(c3ncn[nH]3)CC2)c(OC)c1OC. The maximum atomic E-state index is 5.57. The molecular formula is C16H23N5O3. The monoisotopic (exact) mass is 333 g/mol. The largest absolute Gasteiger partial charge is 0.493 e. The number of hydrogen-bond donors (Lipinski definition) is 1. The van der Waals surface area contributed by atoms with Gasteiger partial charge in [0.2, 0.25) is 11.7 Å². The van der Waals surface area contributed by atoms with Crippen molar-refractivity contribution in [2.45, 2.75) is 6.54 Å². The fourth-order valence-electron chi connectivity index (χ4n) is 3.00. The molecule has 0 atom stereocenters. The molecule has 2 aromatic rings. The number of H-pyrrole nitrogens is 1. The van der Waals surface area contributed by atoms with Crippen LogP contribution in [0.1, 0.15) is 5.56 Å². The van der Waals surface area contributed by atoms with Crippen molar-refractivity contribution in [3.8, 4) is 17.2 Å². The Morgan fingerprint density at radius 2 is 1.75 bits per heavy atom. The molecule has 0 saturated carbocycles. The van der Waals surface area contributed by atoms with Crippen molar-refractivity contribution in [1.29, 1.82) is 0 Å². The summed E-state index contributed by atoms with van der Waals surface area (Å²) in [6.07, 6.45) is 1.54. The molecule has 1 fully saturated rings. The summed E-state index contributed by atoms with van der Waals surface area (Å²) < 4.78 is 16.4. The van der Waals surface area contributed by atoms with Gasteiger partial charge in [-0.3, -0.25) is 4.90 Å². The van der Waals surface area contributed by atoms with Gasteiger partial charge in [-0.25, -0.2) is 5.10 Å². The van der Waals surface area contributed by atoms with E-state index < -0.39 is 0 Å². The molecule has 1 aromatic heterocycles. The first-order valence-corrected chi connectivity index (χ1v) is 7.87. The van der Waals surface area contributed by atoms with Crippen LogP contribution in [0.4, 0.5) is 5.95 Å². The fraction of sp³-hybridized carbons (Fsp3) is 0.500. The van der Waals surface area contributed by atoms with Crippen LogP contribution in [-0.2, 0) is 6.54 Å². The first-order valence-electron chi connectivity index (χ1n) is 7.87. The van der Waals surface area contributed by atoms with Gasteiger partial charge in [0.25, 0.3) is 0 Å². The smallest absolute Gasteiger partial charge is 0.221 e. The highest BCUT2D eigenvalue weighted by molar-refractivity contribution is 5.55. The van der Waals surface area contributed by atoms with Crippen molar-refractivity contribution in [3.05, 3.63) is 24.0 Å². The number of rotatable bonds is 6. The second-order valence-electron chi connectivity index (χ2n) is 5.57. The summed E-state index contributed by atoms with van der Waals surface area (Å²) in [4.78, 5) is 8.80. The minimum absolute atomic E-state index is 0.637. The Bertz CT molecular complexity index is 654. The molecule has 1 aliphatic heterocycles. The Kier molecular flexibility index (Phi) is 5.05. The number of methoxy groups -OCH3 is 3. The van der Waals surface area contributed by atoms with Crippen LogP contribution < -0.4 is 19.1 Å². The zero-order valence-electron chi connectivity index (χ0n) is 14.3. The highest BCUT2D eigenvalue weighted by atomic mass is 16.5. The van der Waals surface area contributed by atoms with E-state index in [0.29, 0.717) is 11.5 Å². The number of ether oxygens (including phenoxy) is 3. The molecule has 24 heavy (non-hydrogen) atoms. The molecule has 8 heteroatoms. The summed E-state index contributed by atoms with van der Waals surface area (Å²) in [6, 6.07) is 3.95. The van der Waals surface area contributed by atoms with Gasteiger partial charge in [0.05, 0.1) is 21.3 Å². The van der Waals surface area contributed by atoms with Crippen LogP contribution in [0.3, 0.4) is 0 Å². The lowest BCUT2D eigenvalue weighted by Gasteiger charge is -2.34. The number of hydrogen-bond acceptors (Lipinski definition) is 7. The molecule has 130 valence electrons. The number of nitrogens with one attached hydrogen (secondary N) is 1. The highest BCUT2D eigenvalue weighted by Crippen LogP contribution is 2.40. The van der Waals surface area contributed by atoms with Crippen molar-refractivity contribution >= 4 is 5.95 Å². The van der Waals surface area contributed by atoms with Crippen LogP contribution in [0, 0.1) is 0 Å². The van der Waals surface area contributed by atoms with Gasteiger partial charge in [-0.2, -0.15) is 10.1 Å². The van der Waals surface area contributed by atoms with Crippen molar-refractivity contribution in [2.24, 2.45) is 0 Å². The predicted octanol–water partition coefficient (Wildman–Crippen LogP) is 1.15. The van der Waals surface area contributed by atoms with E-state index in [1.54, 1.807) is 21.3 Å². The minimum atomic E-state index is 0.637. The van der Waals surface area contributed by atoms with Gasteiger partial charge in [0.1, 0.15) is 6.33 Å². The normalized spacial score (nSPS) is 15.4. The summed E-state index contributed by atoms with van der Waals surface area (Å²) >= 11 is 0. The van der Waals surface area contributed by atoms with E-state index in [1.807, 2.05) is 12.1 Å². The van der Waals surface area contributed by atoms with Gasteiger partial charge in [-0.05, 0) is 6.07 Å². The molecule has 1 saturated heterocycles. The van der Waals surface area contributed by atoms with Crippen molar-refractivity contribution < 1.29 is 14.2 Å². The lowest BCUT2D eigenvalue weighted by Crippen LogP contribution is -2.46. The van der Waals surface area contributed by atoms with E-state index in [0.717, 1.165) is 50.0 Å². The van der Waals surface area contributed by atoms with Gasteiger partial charge in [0.15, 0.2) is 11.5 Å². The van der Waals surface area contributed by atoms with Crippen molar-refractivity contribution in [1.82, 2.24) is 20.1 Å². The molecule has 3 rings (SSSR count). The summed E-state index contributed by atoms with van der Waals surface area (Å²) in [5.74, 6) is 2.87. The molecule has 0 aliphatic carbocycles. The van der Waals surface area contributed by atoms with Gasteiger partial charge in [0, 0.05) is 38.3 Å². The average Bonchev–Trinajstić information content (AvgIpc) is 3.16. The van der Waals surface area contributed by atoms with E-state index in [9.17, 15) is 0 Å². The van der Waals surface area contributed by atoms with Gasteiger partial charge < -0.3 is 19.1 Å². The Balaban J connectivity index is 1.68. The van der Waals surface area contributed by atoms with Crippen LogP contribution in [0.25, 0.3) is 0 Å². The molecule has 0 amide bonds. The molecule has 2 heterocycles. The van der Waals surface area contributed by atoms with E-state index in [-0.39, 0.29) is 0 Å². The van der Waals surface area contributed by atoms with Crippen LogP contribution in [-0.4, -0.2) is 67.6 Å². The van der Waals surface area contributed by atoms with Crippen molar-refractivity contribution in [3.63, 3.8) is 0 Å². The predicted molar refractivity (Wildman–Crippen MR) is 90.0 cm³/mol. The number of anilines is 1. The standard InChI is InChI=1S/C16H23N5O3/c1-22-13-5-4-12(14(23-2)15(13)24-3)10-20-6-8-21(9-7-20)16-17-11-18-19-16/h4-5,11H,6-10H2,1-3H3,(H,17,18,19). The third kappa shape index (κ3) is 3.23. The van der Waals surface area contributed by atoms with Gasteiger partial charge in [-0.1, -0.05) is 6.07 Å². The van der Waals surface area contributed by atoms with Gasteiger partial charge >= 0.3 is 0 Å². The molecule has 1 aromatic carbocycles. The molecule has 1 aliphatic rings. The maximum absolute atomic E-state index is 5.57. The second kappa shape index (κ2) is 7.39. The summed E-state index contributed by atoms with van der Waals surface area (Å²) in [6.45, 7) is 4.50. The lowest BCUT2D eigenvalue weighted by atomic mass is 10.1. The fourth-order valence-corrected chi connectivity index (χ4v) is 3.00. The van der Waals surface area contributed by atoms with Crippen LogP contribution in [0.2, 0.25) is 0 Å². The Hall–Kier alpha value is -2.48. The Morgan fingerprint density at radius 3 is 2.33 bits per heavy atom. The minimum Gasteiger partial charge on any atom is -0.493 e. The van der Waals surface area contributed by atoms with E-state index in [2.05, 4.69) is 25.0 Å². The quantitative estimate of drug-likeness (QED) is 0.850. The summed E-state index contributed by atoms with van der Waals surface area (Å²) in [7, 11) is 4.91. The molecule has 0 radical (unpaired) electrons. The van der Waals surface area contributed by atoms with E-state index >= 15 is 0 Å². The van der Waals surface area contributed by atoms with Gasteiger partial charge in [-0.15, -0.1) is 0 Å². The third-order valence-electron chi connectivity index (χ3n) is 4.25. The van der Waals surface area contributed by atoms with E-state index in [4.69, 9.17) is 14.2 Å². The molecular weight excluding hydrogens is 310 g/mol. The topological polar surface area (TPSA) is 75.7 Å². The Morgan fingerprint density at radius 1 is 1.00 bits per heavy atom. The molecule has 0 spiro atoms. The summed E-state index contributed by atoms with van der Waals surface area (Å²) in [5, 5.41) is 6.82. The van der Waals surface area contributed by atoms with Crippen molar-refractivity contribution in [2.75, 3.05) is 52.4 Å². The van der Waals surface area contributed by atoms with Crippen LogP contribution in [0.5, 0.6) is 17.2 Å². The highest BCUT2D eigenvalue weighted by Gasteiger charge is 2.22. The molecule has 0 unspecified atom stereocenters. The number of benzene rings is 1. The zero-order valence-corrected chi connectivity index (χ0v) is 14.3. The Labute approximate surface area is 141 Å². The van der Waals surface area contributed by atoms with Crippen LogP contribution in [0.15, 0.2) is 18.5 Å². The summed E-state index contributed by atoms with van der Waals surface area (Å²) in [5.41, 5.74) is 1.09. The second-order valence-corrected chi connectivity index (χ2v) is 5.57. The number of nitrogens with zero attached hydrogens (tertiary/aromatic N) is 4. The molecule has 1 N–H and O–H groups in total. The lowest BCUT2D eigenvalue weighted by molar-refractivity contribution is 0.243. The first kappa shape index (κ1) is 16.4. The molecule has 0 bridgehead atoms. The van der Waals surface area contributed by atoms with E-state index in [1.165, 1.54) is 6.33 Å². The maximum Gasteiger partial charge on any atom is 0.221 e. The number of aromatic amines is 1. The average molecular weight is 333 g/mol.